The fourth-order valence-electron chi connectivity index (χ4n) is 2.57. The molecule has 2 amide bonds. The molecule has 0 bridgehead atoms. The Morgan fingerprint density at radius 3 is 2.90 bits per heavy atom. The number of benzene rings is 1. The molecule has 1 saturated heterocycles. The van der Waals surface area contributed by atoms with Gasteiger partial charge in [-0.25, -0.2) is 0 Å². The number of carbonyl (C=O) groups excluding carboxylic acids is 2. The van der Waals surface area contributed by atoms with Gasteiger partial charge in [0.25, 0.3) is 5.91 Å². The first-order valence-corrected chi connectivity index (χ1v) is 7.46. The second-order valence-corrected chi connectivity index (χ2v) is 5.93. The number of amides is 2. The largest absolute Gasteiger partial charge is 0.376 e. The fraction of sp³-hybridized carbons (Fsp3) is 0.467. The SMILES string of the molecule is C[C@H]1CCCN(C(=O)CNc2ccc(Cl)cc2C(N)=O)C1. The lowest BCUT2D eigenvalue weighted by Gasteiger charge is -2.31. The molecular weight excluding hydrogens is 290 g/mol. The smallest absolute Gasteiger partial charge is 0.250 e. The zero-order valence-corrected chi connectivity index (χ0v) is 12.8. The molecule has 1 atom stereocenters. The molecule has 0 spiro atoms. The summed E-state index contributed by atoms with van der Waals surface area (Å²) in [5.41, 5.74) is 6.14. The van der Waals surface area contributed by atoms with E-state index < -0.39 is 5.91 Å². The van der Waals surface area contributed by atoms with Gasteiger partial charge in [0, 0.05) is 23.8 Å². The first kappa shape index (κ1) is 15.6. The third-order valence-corrected chi connectivity index (χ3v) is 3.92. The number of nitrogens with two attached hydrogens (primary N) is 1. The standard InChI is InChI=1S/C15H20ClN3O2/c1-10-3-2-6-19(9-10)14(20)8-18-13-5-4-11(16)7-12(13)15(17)21/h4-5,7,10,18H,2-3,6,8-9H2,1H3,(H2,17,21)/t10-/m0/s1. The van der Waals surface area contributed by atoms with Gasteiger partial charge in [0.2, 0.25) is 5.91 Å². The Balaban J connectivity index is 1.99. The van der Waals surface area contributed by atoms with Crippen LogP contribution in [0, 0.1) is 5.92 Å². The highest BCUT2D eigenvalue weighted by molar-refractivity contribution is 6.31. The molecule has 0 unspecified atom stereocenters. The van der Waals surface area contributed by atoms with E-state index in [4.69, 9.17) is 17.3 Å². The van der Waals surface area contributed by atoms with Gasteiger partial charge in [-0.3, -0.25) is 9.59 Å². The van der Waals surface area contributed by atoms with Gasteiger partial charge >= 0.3 is 0 Å². The summed E-state index contributed by atoms with van der Waals surface area (Å²) in [7, 11) is 0. The van der Waals surface area contributed by atoms with Crippen LogP contribution < -0.4 is 11.1 Å². The van der Waals surface area contributed by atoms with E-state index in [0.717, 1.165) is 19.5 Å². The highest BCUT2D eigenvalue weighted by atomic mass is 35.5. The van der Waals surface area contributed by atoms with E-state index in [0.29, 0.717) is 22.2 Å². The number of hydrogen-bond donors (Lipinski definition) is 2. The Bertz CT molecular complexity index is 548. The Kier molecular flexibility index (Phi) is 5.07. The Labute approximate surface area is 129 Å². The minimum Gasteiger partial charge on any atom is -0.376 e. The van der Waals surface area contributed by atoms with Crippen LogP contribution in [0.5, 0.6) is 0 Å². The van der Waals surface area contributed by atoms with Gasteiger partial charge in [0.1, 0.15) is 0 Å². The zero-order valence-electron chi connectivity index (χ0n) is 12.1. The maximum absolute atomic E-state index is 12.2. The summed E-state index contributed by atoms with van der Waals surface area (Å²) in [5, 5.41) is 3.42. The van der Waals surface area contributed by atoms with Crippen molar-refractivity contribution in [2.75, 3.05) is 25.0 Å². The highest BCUT2D eigenvalue weighted by Gasteiger charge is 2.21. The number of rotatable bonds is 4. The molecule has 5 nitrogen and oxygen atoms in total. The number of nitrogens with one attached hydrogen (secondary N) is 1. The summed E-state index contributed by atoms with van der Waals surface area (Å²) < 4.78 is 0. The molecule has 1 aromatic rings. The predicted octanol–water partition coefficient (Wildman–Crippen LogP) is 2.11. The van der Waals surface area contributed by atoms with Gasteiger partial charge in [-0.1, -0.05) is 18.5 Å². The van der Waals surface area contributed by atoms with Gasteiger partial charge in [-0.05, 0) is 37.0 Å². The first-order valence-electron chi connectivity index (χ1n) is 7.08. The second-order valence-electron chi connectivity index (χ2n) is 5.49. The normalized spacial score (nSPS) is 18.4. The third kappa shape index (κ3) is 4.11. The average molecular weight is 310 g/mol. The minimum absolute atomic E-state index is 0.0342. The molecule has 0 aliphatic carbocycles. The number of halogens is 1. The van der Waals surface area contributed by atoms with Crippen LogP contribution in [0.3, 0.4) is 0 Å². The number of hydrogen-bond acceptors (Lipinski definition) is 3. The number of anilines is 1. The molecule has 2 rings (SSSR count). The Hall–Kier alpha value is -1.75. The van der Waals surface area contributed by atoms with Crippen molar-refractivity contribution >= 4 is 29.1 Å². The first-order chi connectivity index (χ1) is 9.97. The minimum atomic E-state index is -0.570. The molecule has 0 saturated carbocycles. The summed E-state index contributed by atoms with van der Waals surface area (Å²) in [6, 6.07) is 4.82. The summed E-state index contributed by atoms with van der Waals surface area (Å²) in [5.74, 6) is 0.00498. The van der Waals surface area contributed by atoms with Crippen molar-refractivity contribution < 1.29 is 9.59 Å². The van der Waals surface area contributed by atoms with Crippen molar-refractivity contribution in [2.45, 2.75) is 19.8 Å². The molecule has 1 aromatic carbocycles. The molecule has 3 N–H and O–H groups in total. The zero-order chi connectivity index (χ0) is 15.4. The molecule has 1 aliphatic heterocycles. The van der Waals surface area contributed by atoms with Crippen LogP contribution in [-0.2, 0) is 4.79 Å². The average Bonchev–Trinajstić information content (AvgIpc) is 2.45. The van der Waals surface area contributed by atoms with Crippen LogP contribution in [-0.4, -0.2) is 36.3 Å². The molecule has 114 valence electrons. The molecule has 0 radical (unpaired) electrons. The van der Waals surface area contributed by atoms with Gasteiger partial charge < -0.3 is 16.0 Å². The van der Waals surface area contributed by atoms with E-state index in [1.807, 2.05) is 4.90 Å². The Morgan fingerprint density at radius 2 is 2.24 bits per heavy atom. The van der Waals surface area contributed by atoms with Crippen LogP contribution in [0.2, 0.25) is 5.02 Å². The summed E-state index contributed by atoms with van der Waals surface area (Å²) >= 11 is 5.85. The van der Waals surface area contributed by atoms with Crippen molar-refractivity contribution in [3.05, 3.63) is 28.8 Å². The van der Waals surface area contributed by atoms with Crippen molar-refractivity contribution in [3.8, 4) is 0 Å². The van der Waals surface area contributed by atoms with Gasteiger partial charge in [-0.2, -0.15) is 0 Å². The maximum Gasteiger partial charge on any atom is 0.250 e. The van der Waals surface area contributed by atoms with Gasteiger partial charge in [-0.15, -0.1) is 0 Å². The molecule has 1 aliphatic rings. The topological polar surface area (TPSA) is 75.4 Å². The van der Waals surface area contributed by atoms with Crippen molar-refractivity contribution in [3.63, 3.8) is 0 Å². The summed E-state index contributed by atoms with van der Waals surface area (Å²) in [4.78, 5) is 25.4. The second kappa shape index (κ2) is 6.80. The lowest BCUT2D eigenvalue weighted by Crippen LogP contribution is -2.42. The van der Waals surface area contributed by atoms with Crippen molar-refractivity contribution in [1.29, 1.82) is 0 Å². The van der Waals surface area contributed by atoms with E-state index in [9.17, 15) is 9.59 Å². The molecule has 21 heavy (non-hydrogen) atoms. The number of piperidine rings is 1. The van der Waals surface area contributed by atoms with Crippen molar-refractivity contribution in [1.82, 2.24) is 4.90 Å². The van der Waals surface area contributed by atoms with E-state index in [1.165, 1.54) is 12.5 Å². The van der Waals surface area contributed by atoms with E-state index in [-0.39, 0.29) is 12.5 Å². The van der Waals surface area contributed by atoms with E-state index >= 15 is 0 Å². The van der Waals surface area contributed by atoms with Crippen LogP contribution >= 0.6 is 11.6 Å². The lowest BCUT2D eigenvalue weighted by molar-refractivity contribution is -0.130. The lowest BCUT2D eigenvalue weighted by atomic mass is 10.0. The van der Waals surface area contributed by atoms with Crippen LogP contribution in [0.4, 0.5) is 5.69 Å². The van der Waals surface area contributed by atoms with Crippen LogP contribution in [0.15, 0.2) is 18.2 Å². The highest BCUT2D eigenvalue weighted by Crippen LogP contribution is 2.20. The van der Waals surface area contributed by atoms with E-state index in [1.54, 1.807) is 12.1 Å². The van der Waals surface area contributed by atoms with Gasteiger partial charge in [0.15, 0.2) is 0 Å². The number of primary amides is 1. The van der Waals surface area contributed by atoms with Crippen molar-refractivity contribution in [2.24, 2.45) is 11.7 Å². The third-order valence-electron chi connectivity index (χ3n) is 3.69. The number of carbonyl (C=O) groups is 2. The summed E-state index contributed by atoms with van der Waals surface area (Å²) in [6.45, 7) is 3.89. The maximum atomic E-state index is 12.2. The van der Waals surface area contributed by atoms with Crippen LogP contribution in [0.25, 0.3) is 0 Å². The fourth-order valence-corrected chi connectivity index (χ4v) is 2.75. The number of nitrogens with zero attached hydrogens (tertiary/aromatic N) is 1. The molecule has 1 heterocycles. The molecule has 1 fully saturated rings. The molecular formula is C15H20ClN3O2. The molecule has 6 heteroatoms. The molecule has 0 aromatic heterocycles. The monoisotopic (exact) mass is 309 g/mol. The summed E-state index contributed by atoms with van der Waals surface area (Å²) in [6.07, 6.45) is 2.21. The number of likely N-dealkylation sites (tertiary alicyclic amines) is 1. The quantitative estimate of drug-likeness (QED) is 0.894. The predicted molar refractivity (Wildman–Crippen MR) is 83.4 cm³/mol. The van der Waals surface area contributed by atoms with Gasteiger partial charge in [0.05, 0.1) is 12.1 Å². The van der Waals surface area contributed by atoms with Crippen LogP contribution in [0.1, 0.15) is 30.1 Å². The Morgan fingerprint density at radius 1 is 1.48 bits per heavy atom. The van der Waals surface area contributed by atoms with E-state index in [2.05, 4.69) is 12.2 Å².